The summed E-state index contributed by atoms with van der Waals surface area (Å²) in [5.74, 6) is 0.296. The maximum Gasteiger partial charge on any atom is 0.244 e. The quantitative estimate of drug-likeness (QED) is 0.527. The van der Waals surface area contributed by atoms with E-state index in [0.29, 0.717) is 24.5 Å². The van der Waals surface area contributed by atoms with Crippen molar-refractivity contribution in [2.75, 3.05) is 49.5 Å². The molecule has 0 radical (unpaired) electrons. The summed E-state index contributed by atoms with van der Waals surface area (Å²) in [5.41, 5.74) is 3.14. The van der Waals surface area contributed by atoms with E-state index < -0.39 is 0 Å². The van der Waals surface area contributed by atoms with Gasteiger partial charge in [-0.1, -0.05) is 43.2 Å². The molecule has 1 N–H and O–H groups in total. The summed E-state index contributed by atoms with van der Waals surface area (Å²) in [7, 11) is 0. The average Bonchev–Trinajstić information content (AvgIpc) is 3.46. The molecule has 1 saturated carbocycles. The zero-order valence-corrected chi connectivity index (χ0v) is 21.4. The first-order chi connectivity index (χ1) is 17.5. The second-order valence-electron chi connectivity index (χ2n) is 9.63. The summed E-state index contributed by atoms with van der Waals surface area (Å²) in [6.07, 6.45) is 4.12. The highest BCUT2D eigenvalue weighted by atomic mass is 16.2. The van der Waals surface area contributed by atoms with Gasteiger partial charge in [-0.25, -0.2) is 4.85 Å². The van der Waals surface area contributed by atoms with Crippen molar-refractivity contribution in [2.45, 2.75) is 45.6 Å². The highest BCUT2D eigenvalue weighted by molar-refractivity contribution is 5.94. The van der Waals surface area contributed by atoms with Gasteiger partial charge in [0.2, 0.25) is 17.5 Å². The van der Waals surface area contributed by atoms with E-state index in [0.717, 1.165) is 63.1 Å². The number of nitrogens with one attached hydrogen (secondary N) is 1. The fraction of sp³-hybridized carbons (Fsp3) is 0.483. The van der Waals surface area contributed by atoms with E-state index in [1.165, 1.54) is 0 Å². The number of amides is 2. The van der Waals surface area contributed by atoms with Gasteiger partial charge in [-0.15, -0.1) is 0 Å². The fourth-order valence-electron chi connectivity index (χ4n) is 5.46. The Hall–Kier alpha value is -3.37. The Labute approximate surface area is 214 Å². The molecule has 0 bridgehead atoms. The Balaban J connectivity index is 1.46. The summed E-state index contributed by atoms with van der Waals surface area (Å²) in [4.78, 5) is 36.2. The Bertz CT molecular complexity index is 1080. The van der Waals surface area contributed by atoms with Gasteiger partial charge in [0, 0.05) is 56.6 Å². The molecule has 2 aromatic rings. The lowest BCUT2D eigenvalue weighted by molar-refractivity contribution is -0.137. The fourth-order valence-corrected chi connectivity index (χ4v) is 5.46. The molecule has 190 valence electrons. The second kappa shape index (κ2) is 12.0. The molecule has 1 aliphatic heterocycles. The molecule has 1 unspecified atom stereocenters. The Morgan fingerprint density at radius 2 is 1.69 bits per heavy atom. The third kappa shape index (κ3) is 5.71. The molecule has 1 saturated heterocycles. The third-order valence-corrected chi connectivity index (χ3v) is 7.53. The van der Waals surface area contributed by atoms with Crippen LogP contribution in [0.5, 0.6) is 0 Å². The lowest BCUT2D eigenvalue weighted by Crippen LogP contribution is -2.51. The van der Waals surface area contributed by atoms with E-state index in [4.69, 9.17) is 6.57 Å². The minimum absolute atomic E-state index is 0.0645. The van der Waals surface area contributed by atoms with Crippen molar-refractivity contribution in [3.05, 3.63) is 65.5 Å². The molecule has 2 aromatic carbocycles. The van der Waals surface area contributed by atoms with Crippen LogP contribution in [0.1, 0.15) is 51.1 Å². The van der Waals surface area contributed by atoms with Gasteiger partial charge in [0.25, 0.3) is 0 Å². The van der Waals surface area contributed by atoms with Crippen LogP contribution < -0.4 is 10.2 Å². The number of piperazine rings is 1. The Morgan fingerprint density at radius 3 is 2.31 bits per heavy atom. The van der Waals surface area contributed by atoms with Crippen molar-refractivity contribution in [2.24, 2.45) is 5.92 Å². The van der Waals surface area contributed by atoms with Crippen LogP contribution in [0.3, 0.4) is 0 Å². The van der Waals surface area contributed by atoms with E-state index in [9.17, 15) is 9.59 Å². The van der Waals surface area contributed by atoms with Crippen molar-refractivity contribution in [1.82, 2.24) is 9.80 Å². The first-order valence-corrected chi connectivity index (χ1v) is 13.2. The molecule has 2 aliphatic rings. The van der Waals surface area contributed by atoms with Gasteiger partial charge in [-0.05, 0) is 50.5 Å². The summed E-state index contributed by atoms with van der Waals surface area (Å²) < 4.78 is 0. The molecule has 2 fully saturated rings. The molecule has 4 rings (SSSR count). The molecule has 2 amide bonds. The van der Waals surface area contributed by atoms with Crippen molar-refractivity contribution < 1.29 is 9.59 Å². The van der Waals surface area contributed by atoms with Crippen molar-refractivity contribution in [3.63, 3.8) is 0 Å². The van der Waals surface area contributed by atoms with Crippen LogP contribution in [0.2, 0.25) is 0 Å². The molecule has 1 heterocycles. The highest BCUT2D eigenvalue weighted by Gasteiger charge is 2.33. The van der Waals surface area contributed by atoms with Gasteiger partial charge < -0.3 is 15.1 Å². The number of carbonyl (C=O) groups is 2. The van der Waals surface area contributed by atoms with E-state index in [1.54, 1.807) is 6.07 Å². The molecule has 36 heavy (non-hydrogen) atoms. The van der Waals surface area contributed by atoms with Crippen molar-refractivity contribution >= 4 is 28.9 Å². The molecular weight excluding hydrogens is 450 g/mol. The van der Waals surface area contributed by atoms with Gasteiger partial charge in [0.1, 0.15) is 6.04 Å². The maximum absolute atomic E-state index is 13.5. The van der Waals surface area contributed by atoms with Gasteiger partial charge in [-0.2, -0.15) is 0 Å². The first kappa shape index (κ1) is 25.7. The number of benzene rings is 2. The number of hydrogen-bond acceptors (Lipinski definition) is 4. The van der Waals surface area contributed by atoms with Crippen LogP contribution in [0.15, 0.2) is 48.5 Å². The topological polar surface area (TPSA) is 60.3 Å². The normalized spacial score (nSPS) is 17.4. The van der Waals surface area contributed by atoms with Gasteiger partial charge in [0.15, 0.2) is 0 Å². The Kier molecular flexibility index (Phi) is 8.61. The number of rotatable bonds is 8. The van der Waals surface area contributed by atoms with E-state index in [-0.39, 0.29) is 23.8 Å². The monoisotopic (exact) mass is 487 g/mol. The lowest BCUT2D eigenvalue weighted by atomic mass is 10.0. The summed E-state index contributed by atoms with van der Waals surface area (Å²) >= 11 is 0. The largest absolute Gasteiger partial charge is 0.378 e. The molecule has 0 spiro atoms. The lowest BCUT2D eigenvalue weighted by Gasteiger charge is -2.41. The highest BCUT2D eigenvalue weighted by Crippen LogP contribution is 2.34. The zero-order valence-electron chi connectivity index (χ0n) is 21.4. The number of nitrogens with zero attached hydrogens (tertiary/aromatic N) is 4. The molecular formula is C29H37N5O2. The van der Waals surface area contributed by atoms with Crippen LogP contribution in [0.25, 0.3) is 4.85 Å². The number of hydrogen-bond donors (Lipinski definition) is 1. The van der Waals surface area contributed by atoms with E-state index >= 15 is 0 Å². The predicted molar refractivity (Wildman–Crippen MR) is 144 cm³/mol. The minimum atomic E-state index is -0.304. The van der Waals surface area contributed by atoms with Gasteiger partial charge in [0.05, 0.1) is 6.57 Å². The predicted octanol–water partition coefficient (Wildman–Crippen LogP) is 5.10. The van der Waals surface area contributed by atoms with Gasteiger partial charge >= 0.3 is 0 Å². The average molecular weight is 488 g/mol. The van der Waals surface area contributed by atoms with E-state index in [2.05, 4.69) is 20.0 Å². The first-order valence-electron chi connectivity index (χ1n) is 13.2. The zero-order chi connectivity index (χ0) is 25.5. The molecule has 1 aliphatic carbocycles. The van der Waals surface area contributed by atoms with Crippen LogP contribution in [-0.4, -0.2) is 60.9 Å². The van der Waals surface area contributed by atoms with Crippen molar-refractivity contribution in [3.8, 4) is 0 Å². The van der Waals surface area contributed by atoms with Crippen molar-refractivity contribution in [1.29, 1.82) is 0 Å². The number of carbonyl (C=O) groups excluding carboxylic acids is 2. The second-order valence-corrected chi connectivity index (χ2v) is 9.63. The van der Waals surface area contributed by atoms with Crippen LogP contribution in [0.4, 0.5) is 17.1 Å². The smallest absolute Gasteiger partial charge is 0.244 e. The third-order valence-electron chi connectivity index (χ3n) is 7.53. The van der Waals surface area contributed by atoms with Crippen LogP contribution in [-0.2, 0) is 9.59 Å². The van der Waals surface area contributed by atoms with Gasteiger partial charge in [-0.3, -0.25) is 14.5 Å². The standard InChI is InChI=1S/C29H37N5O2/c1-4-32(5-2)29(36)27(22-11-7-6-8-12-22)34-19-17-33(18-20-34)26-16-15-24(21-25(26)30-3)31-28(35)23-13-9-10-14-23/h6-8,11-12,15-16,21,23,27H,4-5,9-10,13-14,17-20H2,1-2H3,(H,31,35). The molecule has 7 heteroatoms. The number of likely N-dealkylation sites (N-methyl/N-ethyl adjacent to an activating group) is 1. The summed E-state index contributed by atoms with van der Waals surface area (Å²) in [6.45, 7) is 16.1. The number of anilines is 2. The maximum atomic E-state index is 13.5. The van der Waals surface area contributed by atoms with Crippen LogP contribution in [0, 0.1) is 12.5 Å². The van der Waals surface area contributed by atoms with Crippen LogP contribution >= 0.6 is 0 Å². The summed E-state index contributed by atoms with van der Waals surface area (Å²) in [5, 5.41) is 3.01. The summed E-state index contributed by atoms with van der Waals surface area (Å²) in [6, 6.07) is 15.4. The molecule has 7 nitrogen and oxygen atoms in total. The molecule has 0 aromatic heterocycles. The molecule has 1 atom stereocenters. The Morgan fingerprint density at radius 1 is 1.03 bits per heavy atom. The minimum Gasteiger partial charge on any atom is -0.378 e. The SMILES string of the molecule is [C-]#[N+]c1cc(NC(=O)C2CCCC2)ccc1N1CCN(C(C(=O)N(CC)CC)c2ccccc2)CC1. The van der Waals surface area contributed by atoms with E-state index in [1.807, 2.05) is 61.2 Å².